The van der Waals surface area contributed by atoms with E-state index in [1.807, 2.05) is 60.8 Å². The maximum Gasteiger partial charge on any atom is 0.185 e. The van der Waals surface area contributed by atoms with Gasteiger partial charge in [-0.15, -0.1) is 5.10 Å². The Labute approximate surface area is 219 Å². The third kappa shape index (κ3) is 6.39. The molecule has 0 saturated heterocycles. The van der Waals surface area contributed by atoms with E-state index in [-0.39, 0.29) is 12.4 Å². The summed E-state index contributed by atoms with van der Waals surface area (Å²) in [5.41, 5.74) is 4.13. The Morgan fingerprint density at radius 1 is 1.03 bits per heavy atom. The highest BCUT2D eigenvalue weighted by Gasteiger charge is 2.06. The molecule has 3 aromatic carbocycles. The summed E-state index contributed by atoms with van der Waals surface area (Å²) in [4.78, 5) is 16.8. The highest BCUT2D eigenvalue weighted by atomic mass is 35.5. The predicted molar refractivity (Wildman–Crippen MR) is 146 cm³/mol. The number of ketones is 1. The Hall–Kier alpha value is -4.49. The molecule has 0 spiro atoms. The van der Waals surface area contributed by atoms with Gasteiger partial charge < -0.3 is 10.1 Å². The second-order valence-electron chi connectivity index (χ2n) is 8.34. The fourth-order valence-electron chi connectivity index (χ4n) is 3.80. The van der Waals surface area contributed by atoms with Gasteiger partial charge >= 0.3 is 0 Å². The zero-order chi connectivity index (χ0) is 25.5. The third-order valence-electron chi connectivity index (χ3n) is 5.70. The number of carbonyl (C=O) groups excluding carboxylic acids is 1. The minimum Gasteiger partial charge on any atom is -0.487 e. The summed E-state index contributed by atoms with van der Waals surface area (Å²) in [7, 11) is 0. The van der Waals surface area contributed by atoms with Gasteiger partial charge in [0.2, 0.25) is 0 Å². The van der Waals surface area contributed by atoms with Crippen LogP contribution in [0.5, 0.6) is 5.75 Å². The summed E-state index contributed by atoms with van der Waals surface area (Å²) in [6.45, 7) is 1.59. The number of carbonyl (C=O) groups is 1. The van der Waals surface area contributed by atoms with Crippen molar-refractivity contribution < 1.29 is 9.53 Å². The van der Waals surface area contributed by atoms with Crippen molar-refractivity contribution in [1.82, 2.24) is 20.0 Å². The minimum absolute atomic E-state index is 0.0597. The van der Waals surface area contributed by atoms with Crippen LogP contribution in [0, 0.1) is 0 Å². The molecule has 0 aliphatic rings. The summed E-state index contributed by atoms with van der Waals surface area (Å²) in [5.74, 6) is 0.597. The molecule has 2 heterocycles. The Morgan fingerprint density at radius 3 is 2.70 bits per heavy atom. The minimum atomic E-state index is -0.0597. The molecule has 0 fully saturated rings. The smallest absolute Gasteiger partial charge is 0.185 e. The highest BCUT2D eigenvalue weighted by Crippen LogP contribution is 2.24. The second kappa shape index (κ2) is 11.5. The SMILES string of the molecule is O=C(/C=C/c1ccccc1)c1ccc(OCc2cn(CCNc3ccnc4cc(Cl)ccc34)nn2)cc1. The van der Waals surface area contributed by atoms with Crippen LogP contribution in [0.2, 0.25) is 5.02 Å². The molecule has 184 valence electrons. The first-order valence-corrected chi connectivity index (χ1v) is 12.2. The van der Waals surface area contributed by atoms with Crippen LogP contribution in [0.3, 0.4) is 0 Å². The lowest BCUT2D eigenvalue weighted by molar-refractivity contribution is 0.104. The zero-order valence-corrected chi connectivity index (χ0v) is 20.7. The van der Waals surface area contributed by atoms with Gasteiger partial charge in [-0.05, 0) is 60.2 Å². The number of hydrogen-bond acceptors (Lipinski definition) is 6. The van der Waals surface area contributed by atoms with Gasteiger partial charge in [-0.3, -0.25) is 14.5 Å². The Kier molecular flexibility index (Phi) is 7.52. The Morgan fingerprint density at radius 2 is 1.86 bits per heavy atom. The average Bonchev–Trinajstić information content (AvgIpc) is 3.39. The quantitative estimate of drug-likeness (QED) is 0.182. The molecule has 0 bridgehead atoms. The first-order valence-electron chi connectivity index (χ1n) is 11.8. The normalized spacial score (nSPS) is 11.2. The molecule has 8 heteroatoms. The van der Waals surface area contributed by atoms with Crippen molar-refractivity contribution in [3.63, 3.8) is 0 Å². The summed E-state index contributed by atoms with van der Waals surface area (Å²) in [6.07, 6.45) is 7.00. The number of fused-ring (bicyclic) bond motifs is 1. The molecule has 37 heavy (non-hydrogen) atoms. The van der Waals surface area contributed by atoms with Gasteiger partial charge in [0.25, 0.3) is 0 Å². The van der Waals surface area contributed by atoms with Gasteiger partial charge in [0.05, 0.1) is 18.3 Å². The topological polar surface area (TPSA) is 81.9 Å². The molecular weight excluding hydrogens is 486 g/mol. The molecule has 0 atom stereocenters. The van der Waals surface area contributed by atoms with Crippen LogP contribution >= 0.6 is 11.6 Å². The maximum absolute atomic E-state index is 12.4. The molecule has 0 aliphatic carbocycles. The molecule has 0 amide bonds. The van der Waals surface area contributed by atoms with Gasteiger partial charge in [-0.2, -0.15) is 0 Å². The molecule has 0 unspecified atom stereocenters. The number of aromatic nitrogens is 4. The standard InChI is InChI=1S/C29H24ClN5O2/c30-23-9-12-26-27(14-15-31-28(26)18-23)32-16-17-35-19-24(33-34-35)20-37-25-10-7-22(8-11-25)29(36)13-6-21-4-2-1-3-5-21/h1-15,18-19H,16-17,20H2,(H,31,32)/b13-6+. The molecule has 2 aromatic heterocycles. The monoisotopic (exact) mass is 509 g/mol. The number of pyridine rings is 1. The van der Waals surface area contributed by atoms with Gasteiger partial charge in [0.1, 0.15) is 18.1 Å². The van der Waals surface area contributed by atoms with Gasteiger partial charge in [-0.25, -0.2) is 0 Å². The first kappa shape index (κ1) is 24.2. The highest BCUT2D eigenvalue weighted by molar-refractivity contribution is 6.31. The predicted octanol–water partition coefficient (Wildman–Crippen LogP) is 6.07. The molecule has 5 rings (SSSR count). The van der Waals surface area contributed by atoms with E-state index in [0.29, 0.717) is 29.4 Å². The van der Waals surface area contributed by atoms with Crippen LogP contribution in [0.25, 0.3) is 17.0 Å². The van der Waals surface area contributed by atoms with Crippen molar-refractivity contribution in [2.75, 3.05) is 11.9 Å². The number of nitrogens with zero attached hydrogens (tertiary/aromatic N) is 4. The lowest BCUT2D eigenvalue weighted by Gasteiger charge is -2.09. The van der Waals surface area contributed by atoms with Crippen LogP contribution in [0.15, 0.2) is 97.3 Å². The van der Waals surface area contributed by atoms with E-state index in [1.54, 1.807) is 47.3 Å². The number of ether oxygens (including phenoxy) is 1. The van der Waals surface area contributed by atoms with E-state index in [0.717, 1.165) is 27.8 Å². The van der Waals surface area contributed by atoms with Crippen molar-refractivity contribution >= 4 is 40.1 Å². The largest absolute Gasteiger partial charge is 0.487 e. The van der Waals surface area contributed by atoms with Crippen LogP contribution in [0.1, 0.15) is 21.6 Å². The number of rotatable bonds is 10. The van der Waals surface area contributed by atoms with Crippen molar-refractivity contribution in [2.45, 2.75) is 13.2 Å². The van der Waals surface area contributed by atoms with Crippen molar-refractivity contribution in [3.8, 4) is 5.75 Å². The average molecular weight is 510 g/mol. The van der Waals surface area contributed by atoms with Crippen molar-refractivity contribution in [2.24, 2.45) is 0 Å². The molecule has 0 aliphatic heterocycles. The lowest BCUT2D eigenvalue weighted by atomic mass is 10.1. The van der Waals surface area contributed by atoms with Crippen molar-refractivity contribution in [3.05, 3.63) is 119 Å². The molecule has 0 saturated carbocycles. The van der Waals surface area contributed by atoms with Crippen molar-refractivity contribution in [1.29, 1.82) is 0 Å². The van der Waals surface area contributed by atoms with E-state index >= 15 is 0 Å². The number of halogens is 1. The van der Waals surface area contributed by atoms with E-state index < -0.39 is 0 Å². The Balaban J connectivity index is 1.10. The molecule has 5 aromatic rings. The van der Waals surface area contributed by atoms with Crippen LogP contribution in [-0.4, -0.2) is 32.3 Å². The second-order valence-corrected chi connectivity index (χ2v) is 8.78. The molecule has 1 N–H and O–H groups in total. The number of benzene rings is 3. The first-order chi connectivity index (χ1) is 18.1. The number of allylic oxidation sites excluding steroid dienone is 1. The fourth-order valence-corrected chi connectivity index (χ4v) is 3.97. The summed E-state index contributed by atoms with van der Waals surface area (Å²) >= 11 is 6.07. The van der Waals surface area contributed by atoms with Crippen LogP contribution < -0.4 is 10.1 Å². The van der Waals surface area contributed by atoms with Crippen LogP contribution in [-0.2, 0) is 13.2 Å². The maximum atomic E-state index is 12.4. The molecule has 7 nitrogen and oxygen atoms in total. The summed E-state index contributed by atoms with van der Waals surface area (Å²) in [5, 5.41) is 13.5. The fraction of sp³-hybridized carbons (Fsp3) is 0.103. The molecular formula is C29H24ClN5O2. The number of hydrogen-bond donors (Lipinski definition) is 1. The Bertz CT molecular complexity index is 1530. The lowest BCUT2D eigenvalue weighted by Crippen LogP contribution is -2.11. The third-order valence-corrected chi connectivity index (χ3v) is 5.93. The van der Waals surface area contributed by atoms with Gasteiger partial charge in [0.15, 0.2) is 5.78 Å². The zero-order valence-electron chi connectivity index (χ0n) is 19.9. The summed E-state index contributed by atoms with van der Waals surface area (Å²) < 4.78 is 7.59. The van der Waals surface area contributed by atoms with Gasteiger partial charge in [0, 0.05) is 34.4 Å². The summed E-state index contributed by atoms with van der Waals surface area (Å²) in [6, 6.07) is 24.4. The van der Waals surface area contributed by atoms with E-state index in [1.165, 1.54) is 0 Å². The number of nitrogens with one attached hydrogen (secondary N) is 1. The van der Waals surface area contributed by atoms with E-state index in [9.17, 15) is 4.79 Å². The molecule has 0 radical (unpaired) electrons. The van der Waals surface area contributed by atoms with Crippen LogP contribution in [0.4, 0.5) is 5.69 Å². The number of anilines is 1. The van der Waals surface area contributed by atoms with E-state index in [2.05, 4.69) is 20.6 Å². The van der Waals surface area contributed by atoms with E-state index in [4.69, 9.17) is 16.3 Å². The van der Waals surface area contributed by atoms with Gasteiger partial charge in [-0.1, -0.05) is 53.2 Å².